The lowest BCUT2D eigenvalue weighted by Gasteiger charge is -2.13. The quantitative estimate of drug-likeness (QED) is 0.443. The van der Waals surface area contributed by atoms with Gasteiger partial charge in [-0.2, -0.15) is 5.26 Å². The van der Waals surface area contributed by atoms with Crippen LogP contribution in [0.2, 0.25) is 5.02 Å². The fraction of sp³-hybridized carbons (Fsp3) is 0.0909. The number of halogens is 3. The third kappa shape index (κ3) is 6.09. The molecule has 0 saturated carbocycles. The lowest BCUT2D eigenvalue weighted by Crippen LogP contribution is -2.17. The summed E-state index contributed by atoms with van der Waals surface area (Å²) >= 11 is 9.35. The summed E-state index contributed by atoms with van der Waals surface area (Å²) in [5, 5.41) is 16.8. The van der Waals surface area contributed by atoms with E-state index >= 15 is 4.39 Å². The number of ether oxygens (including phenoxy) is 1. The summed E-state index contributed by atoms with van der Waals surface area (Å²) < 4.78 is 44.2. The van der Waals surface area contributed by atoms with E-state index in [0.29, 0.717) is 21.3 Å². The van der Waals surface area contributed by atoms with Crippen molar-refractivity contribution in [2.24, 2.45) is 5.14 Å². The Bertz CT molecular complexity index is 1410. The number of aryl methyl sites for hydroxylation is 1. The average Bonchev–Trinajstić information content (AvgIpc) is 2.73. The summed E-state index contributed by atoms with van der Waals surface area (Å²) in [6.45, 7) is 1.60. The summed E-state index contributed by atoms with van der Waals surface area (Å²) in [4.78, 5) is 12.4. The largest absolute Gasteiger partial charge is 0.453 e. The first-order chi connectivity index (χ1) is 15.5. The van der Waals surface area contributed by atoms with Crippen molar-refractivity contribution >= 4 is 49.1 Å². The van der Waals surface area contributed by atoms with Crippen molar-refractivity contribution < 1.29 is 22.3 Å². The average molecular weight is 553 g/mol. The highest BCUT2D eigenvalue weighted by Crippen LogP contribution is 2.35. The molecule has 1 amide bonds. The van der Waals surface area contributed by atoms with Crippen LogP contribution in [0, 0.1) is 24.1 Å². The smallest absolute Gasteiger partial charge is 0.238 e. The highest BCUT2D eigenvalue weighted by Gasteiger charge is 2.18. The summed E-state index contributed by atoms with van der Waals surface area (Å²) in [5.74, 6) is -1.45. The number of rotatable bonds is 6. The molecule has 170 valence electrons. The zero-order chi connectivity index (χ0) is 24.3. The molecular formula is C22H16BrClFN3O4S. The molecule has 0 aliphatic heterocycles. The predicted octanol–water partition coefficient (Wildman–Crippen LogP) is 5.04. The van der Waals surface area contributed by atoms with Crippen molar-refractivity contribution in [1.29, 1.82) is 5.26 Å². The first-order valence-corrected chi connectivity index (χ1v) is 12.0. The molecule has 0 atom stereocenters. The van der Waals surface area contributed by atoms with Crippen molar-refractivity contribution in [3.63, 3.8) is 0 Å². The number of benzene rings is 3. The van der Waals surface area contributed by atoms with Gasteiger partial charge in [0.2, 0.25) is 15.9 Å². The van der Waals surface area contributed by atoms with E-state index in [9.17, 15) is 13.2 Å². The summed E-state index contributed by atoms with van der Waals surface area (Å²) in [6.07, 6.45) is -0.336. The van der Waals surface area contributed by atoms with Crippen LogP contribution in [0.5, 0.6) is 11.5 Å². The van der Waals surface area contributed by atoms with E-state index in [2.05, 4.69) is 21.2 Å². The van der Waals surface area contributed by atoms with Gasteiger partial charge in [-0.15, -0.1) is 0 Å². The van der Waals surface area contributed by atoms with Crippen LogP contribution < -0.4 is 15.2 Å². The number of nitrogens with two attached hydrogens (primary N) is 1. The number of nitrogens with zero attached hydrogens (tertiary/aromatic N) is 1. The topological polar surface area (TPSA) is 122 Å². The van der Waals surface area contributed by atoms with Gasteiger partial charge in [0.25, 0.3) is 0 Å². The van der Waals surface area contributed by atoms with Gasteiger partial charge < -0.3 is 10.1 Å². The summed E-state index contributed by atoms with van der Waals surface area (Å²) in [7, 11) is -3.88. The van der Waals surface area contributed by atoms with Gasteiger partial charge in [0.15, 0.2) is 11.6 Å². The molecular weight excluding hydrogens is 537 g/mol. The zero-order valence-corrected chi connectivity index (χ0v) is 20.2. The Labute approximate surface area is 203 Å². The Balaban J connectivity index is 1.82. The third-order valence-corrected chi connectivity index (χ3v) is 6.17. The molecule has 0 aliphatic carbocycles. The number of primary sulfonamides is 1. The van der Waals surface area contributed by atoms with Gasteiger partial charge in [0.1, 0.15) is 5.75 Å². The molecule has 0 aliphatic rings. The fourth-order valence-electron chi connectivity index (χ4n) is 2.93. The number of hydrogen-bond acceptors (Lipinski definition) is 5. The molecule has 11 heteroatoms. The number of amides is 1. The van der Waals surface area contributed by atoms with Crippen LogP contribution in [-0.2, 0) is 21.2 Å². The van der Waals surface area contributed by atoms with Crippen molar-refractivity contribution in [2.75, 3.05) is 5.32 Å². The molecule has 3 N–H and O–H groups in total. The van der Waals surface area contributed by atoms with Crippen LogP contribution in [0.15, 0.2) is 57.9 Å². The van der Waals surface area contributed by atoms with Crippen molar-refractivity contribution in [2.45, 2.75) is 18.2 Å². The van der Waals surface area contributed by atoms with Gasteiger partial charge in [0, 0.05) is 15.7 Å². The molecule has 3 rings (SSSR count). The molecule has 0 bridgehead atoms. The number of nitriles is 1. The second kappa shape index (κ2) is 9.89. The van der Waals surface area contributed by atoms with Crippen LogP contribution in [0.3, 0.4) is 0 Å². The molecule has 0 fully saturated rings. The molecule has 3 aromatic carbocycles. The minimum Gasteiger partial charge on any atom is -0.453 e. The van der Waals surface area contributed by atoms with Crippen molar-refractivity contribution in [3.8, 4) is 17.6 Å². The first kappa shape index (κ1) is 24.7. The molecule has 33 heavy (non-hydrogen) atoms. The molecule has 0 heterocycles. The highest BCUT2D eigenvalue weighted by molar-refractivity contribution is 9.10. The van der Waals surface area contributed by atoms with Gasteiger partial charge in [0.05, 0.1) is 28.0 Å². The number of nitrogens with one attached hydrogen (secondary N) is 1. The predicted molar refractivity (Wildman–Crippen MR) is 125 cm³/mol. The maximum Gasteiger partial charge on any atom is 0.238 e. The number of anilines is 1. The van der Waals surface area contributed by atoms with E-state index in [1.165, 1.54) is 36.4 Å². The van der Waals surface area contributed by atoms with Gasteiger partial charge >= 0.3 is 0 Å². The monoisotopic (exact) mass is 551 g/mol. The van der Waals surface area contributed by atoms with Crippen molar-refractivity contribution in [3.05, 3.63) is 80.5 Å². The number of carbonyl (C=O) groups is 1. The first-order valence-electron chi connectivity index (χ1n) is 9.26. The summed E-state index contributed by atoms with van der Waals surface area (Å²) in [5.41, 5.74) is 1.16. The van der Waals surface area contributed by atoms with Crippen LogP contribution in [0.4, 0.5) is 10.1 Å². The maximum atomic E-state index is 15.1. The Morgan fingerprint density at radius 1 is 1.24 bits per heavy atom. The Morgan fingerprint density at radius 2 is 1.97 bits per heavy atom. The third-order valence-electron chi connectivity index (χ3n) is 4.50. The second-order valence-corrected chi connectivity index (χ2v) is 9.87. The van der Waals surface area contributed by atoms with Crippen LogP contribution in [-0.4, -0.2) is 14.3 Å². The van der Waals surface area contributed by atoms with E-state index in [0.717, 1.165) is 0 Å². The Morgan fingerprint density at radius 3 is 2.61 bits per heavy atom. The highest BCUT2D eigenvalue weighted by atomic mass is 79.9. The van der Waals surface area contributed by atoms with E-state index in [1.807, 2.05) is 6.07 Å². The van der Waals surface area contributed by atoms with E-state index in [1.54, 1.807) is 19.1 Å². The lowest BCUT2D eigenvalue weighted by molar-refractivity contribution is -0.115. The standard InChI is InChI=1S/C22H16BrClFN3O4S/c1-12-6-17(33(27,30)31)3-5-19(12)28-20(29)9-14-2-4-18(24)22(21(14)25)32-16-8-13(11-26)7-15(23)10-16/h2-8,10H,9H2,1H3,(H,28,29)(H2,27,30,31). The summed E-state index contributed by atoms with van der Waals surface area (Å²) in [6, 6.07) is 13.3. The van der Waals surface area contributed by atoms with E-state index in [-0.39, 0.29) is 33.4 Å². The molecule has 0 radical (unpaired) electrons. The fourth-order valence-corrected chi connectivity index (χ4v) is 4.18. The molecule has 0 spiro atoms. The maximum absolute atomic E-state index is 15.1. The number of hydrogen-bond donors (Lipinski definition) is 2. The lowest BCUT2D eigenvalue weighted by atomic mass is 10.1. The Hall–Kier alpha value is -2.97. The molecule has 0 aromatic heterocycles. The van der Waals surface area contributed by atoms with Gasteiger partial charge in [-0.3, -0.25) is 4.79 Å². The van der Waals surface area contributed by atoms with E-state index < -0.39 is 21.7 Å². The van der Waals surface area contributed by atoms with Crippen molar-refractivity contribution in [1.82, 2.24) is 0 Å². The zero-order valence-electron chi connectivity index (χ0n) is 17.0. The SMILES string of the molecule is Cc1cc(S(N)(=O)=O)ccc1NC(=O)Cc1ccc(Cl)c(Oc2cc(Br)cc(C#N)c2)c1F. The number of sulfonamides is 1. The van der Waals surface area contributed by atoms with Gasteiger partial charge in [-0.1, -0.05) is 33.6 Å². The van der Waals surface area contributed by atoms with Crippen LogP contribution >= 0.6 is 27.5 Å². The normalized spacial score (nSPS) is 11.0. The molecule has 0 unspecified atom stereocenters. The molecule has 3 aromatic rings. The van der Waals surface area contributed by atoms with Crippen LogP contribution in [0.1, 0.15) is 16.7 Å². The number of carbonyl (C=O) groups excluding carboxylic acids is 1. The van der Waals surface area contributed by atoms with Gasteiger partial charge in [-0.25, -0.2) is 17.9 Å². The van der Waals surface area contributed by atoms with E-state index in [4.69, 9.17) is 26.7 Å². The molecule has 0 saturated heterocycles. The van der Waals surface area contributed by atoms with Crippen LogP contribution in [0.25, 0.3) is 0 Å². The second-order valence-electron chi connectivity index (χ2n) is 6.99. The van der Waals surface area contributed by atoms with Gasteiger partial charge in [-0.05, 0) is 55.0 Å². The molecule has 7 nitrogen and oxygen atoms in total. The minimum atomic E-state index is -3.88. The Kier molecular flexibility index (Phi) is 7.39. The minimum absolute atomic E-state index is 0.00966.